The summed E-state index contributed by atoms with van der Waals surface area (Å²) < 4.78 is 86.8. The molecule has 2 N–H and O–H groups in total. The van der Waals surface area contributed by atoms with Crippen LogP contribution in [-0.2, 0) is 10.3 Å². The molecule has 1 unspecified atom stereocenters. The minimum Gasteiger partial charge on any atom is -0.494 e. The zero-order chi connectivity index (χ0) is 27.8. The van der Waals surface area contributed by atoms with Gasteiger partial charge in [0.05, 0.1) is 12.2 Å². The fourth-order valence-corrected chi connectivity index (χ4v) is 5.81. The molecule has 5 rings (SSSR count). The largest absolute Gasteiger partial charge is 0.494 e. The van der Waals surface area contributed by atoms with Crippen molar-refractivity contribution >= 4 is 28.4 Å². The first kappa shape index (κ1) is 27.2. The fourth-order valence-electron chi connectivity index (χ4n) is 4.58. The average Bonchev–Trinajstić information content (AvgIpc) is 3.35. The summed E-state index contributed by atoms with van der Waals surface area (Å²) in [6.07, 6.45) is -8.61. The van der Waals surface area contributed by atoms with Crippen LogP contribution in [0.2, 0.25) is 0 Å². The van der Waals surface area contributed by atoms with E-state index in [1.807, 2.05) is 6.07 Å². The second-order valence-corrected chi connectivity index (χ2v) is 10.7. The molecular formula is C25H23F6N5O2S. The molecule has 2 aliphatic rings. The van der Waals surface area contributed by atoms with Gasteiger partial charge in [-0.3, -0.25) is 4.79 Å². The van der Waals surface area contributed by atoms with Crippen molar-refractivity contribution < 1.29 is 35.9 Å². The summed E-state index contributed by atoms with van der Waals surface area (Å²) >= 11 is 1.36. The molecule has 2 aromatic heterocycles. The van der Waals surface area contributed by atoms with Gasteiger partial charge in [-0.15, -0.1) is 16.4 Å². The van der Waals surface area contributed by atoms with Crippen LogP contribution in [0, 0.1) is 0 Å². The first-order chi connectivity index (χ1) is 18.5. The smallest absolute Gasteiger partial charge is 0.416 e. The van der Waals surface area contributed by atoms with Crippen molar-refractivity contribution in [3.8, 4) is 5.75 Å². The topological polar surface area (TPSA) is 92.8 Å². The standard InChI is InChI=1S/C25H23F6N5O2S/c26-24(27,28)11-1-2-12-38-16-7-5-15(6-8-16)23(25(29,30)31)13-17(19-10-9-18(39-19)14-3-4-14)20(22(37)32-23)21-33-35-36-34-21/h5-10,14H,1-4,11-13H2,(H,32,37)(H,33,34,35,36). The summed E-state index contributed by atoms with van der Waals surface area (Å²) in [4.78, 5) is 14.9. The van der Waals surface area contributed by atoms with Crippen LogP contribution in [0.5, 0.6) is 5.75 Å². The lowest BCUT2D eigenvalue weighted by Crippen LogP contribution is -2.58. The van der Waals surface area contributed by atoms with Crippen molar-refractivity contribution in [2.45, 2.75) is 62.3 Å². The van der Waals surface area contributed by atoms with Crippen LogP contribution < -0.4 is 10.1 Å². The summed E-state index contributed by atoms with van der Waals surface area (Å²) in [6.45, 7) is -0.0141. The monoisotopic (exact) mass is 571 g/mol. The third-order valence-corrected chi connectivity index (χ3v) is 8.05. The summed E-state index contributed by atoms with van der Waals surface area (Å²) in [5, 5.41) is 15.4. The molecule has 1 aliphatic heterocycles. The van der Waals surface area contributed by atoms with Gasteiger partial charge in [-0.2, -0.15) is 26.3 Å². The van der Waals surface area contributed by atoms with Gasteiger partial charge in [-0.1, -0.05) is 12.1 Å². The predicted molar refractivity (Wildman–Crippen MR) is 130 cm³/mol. The van der Waals surface area contributed by atoms with Gasteiger partial charge >= 0.3 is 12.4 Å². The molecule has 0 radical (unpaired) electrons. The number of aromatic amines is 1. The number of alkyl halides is 6. The number of nitrogens with one attached hydrogen (secondary N) is 2. The zero-order valence-electron chi connectivity index (χ0n) is 20.3. The van der Waals surface area contributed by atoms with E-state index in [2.05, 4.69) is 25.9 Å². The minimum absolute atomic E-state index is 0.0141. The quantitative estimate of drug-likeness (QED) is 0.238. The molecule has 39 heavy (non-hydrogen) atoms. The van der Waals surface area contributed by atoms with Crippen LogP contribution >= 0.6 is 11.3 Å². The maximum absolute atomic E-state index is 14.8. The van der Waals surface area contributed by atoms with E-state index in [0.717, 1.165) is 17.7 Å². The molecule has 7 nitrogen and oxygen atoms in total. The second kappa shape index (κ2) is 10.3. The summed E-state index contributed by atoms with van der Waals surface area (Å²) in [5.41, 5.74) is -2.83. The number of H-pyrrole nitrogens is 1. The summed E-state index contributed by atoms with van der Waals surface area (Å²) in [5.74, 6) is -0.417. The van der Waals surface area contributed by atoms with E-state index in [4.69, 9.17) is 4.74 Å². The number of nitrogens with zero attached hydrogens (tertiary/aromatic N) is 3. The number of halogens is 6. The van der Waals surface area contributed by atoms with Gasteiger partial charge in [0.2, 0.25) is 0 Å². The molecule has 1 fully saturated rings. The number of unbranched alkanes of at least 4 members (excludes halogenated alkanes) is 1. The zero-order valence-corrected chi connectivity index (χ0v) is 21.1. The highest BCUT2D eigenvalue weighted by molar-refractivity contribution is 7.13. The number of aromatic nitrogens is 4. The van der Waals surface area contributed by atoms with Crippen LogP contribution in [0.1, 0.15) is 65.6 Å². The van der Waals surface area contributed by atoms with Gasteiger partial charge in [0.15, 0.2) is 11.4 Å². The number of hydrogen-bond acceptors (Lipinski definition) is 6. The first-order valence-corrected chi connectivity index (χ1v) is 13.1. The number of ether oxygens (including phenoxy) is 1. The third-order valence-electron chi connectivity index (χ3n) is 6.74. The van der Waals surface area contributed by atoms with E-state index in [9.17, 15) is 31.1 Å². The Morgan fingerprint density at radius 2 is 1.77 bits per heavy atom. The highest BCUT2D eigenvalue weighted by atomic mass is 32.1. The van der Waals surface area contributed by atoms with E-state index in [0.29, 0.717) is 10.8 Å². The number of rotatable bonds is 9. The molecule has 3 heterocycles. The fraction of sp³-hybridized carbons (Fsp3) is 0.440. The van der Waals surface area contributed by atoms with Gasteiger partial charge in [-0.25, -0.2) is 5.10 Å². The molecule has 1 aliphatic carbocycles. The van der Waals surface area contributed by atoms with E-state index in [-0.39, 0.29) is 47.7 Å². The Morgan fingerprint density at radius 3 is 2.38 bits per heavy atom. The number of thiophene rings is 1. The lowest BCUT2D eigenvalue weighted by molar-refractivity contribution is -0.201. The minimum atomic E-state index is -4.88. The Labute approximate surface area is 222 Å². The number of amides is 1. The van der Waals surface area contributed by atoms with Gasteiger partial charge < -0.3 is 10.1 Å². The van der Waals surface area contributed by atoms with Crippen molar-refractivity contribution in [1.29, 1.82) is 0 Å². The lowest BCUT2D eigenvalue weighted by Gasteiger charge is -2.41. The van der Waals surface area contributed by atoms with Crippen LogP contribution in [0.4, 0.5) is 26.3 Å². The molecular weight excluding hydrogens is 548 g/mol. The highest BCUT2D eigenvalue weighted by Crippen LogP contribution is 2.52. The molecule has 0 bridgehead atoms. The van der Waals surface area contributed by atoms with Crippen molar-refractivity contribution in [3.05, 3.63) is 57.5 Å². The Morgan fingerprint density at radius 1 is 1.03 bits per heavy atom. The number of benzene rings is 1. The molecule has 1 saturated carbocycles. The van der Waals surface area contributed by atoms with Crippen LogP contribution in [0.25, 0.3) is 11.1 Å². The van der Waals surface area contributed by atoms with Crippen molar-refractivity contribution in [2.75, 3.05) is 6.61 Å². The van der Waals surface area contributed by atoms with E-state index in [1.54, 1.807) is 6.07 Å². The van der Waals surface area contributed by atoms with Crippen molar-refractivity contribution in [1.82, 2.24) is 25.9 Å². The second-order valence-electron chi connectivity index (χ2n) is 9.56. The van der Waals surface area contributed by atoms with Crippen molar-refractivity contribution in [3.63, 3.8) is 0 Å². The normalized spacial score (nSPS) is 20.3. The first-order valence-electron chi connectivity index (χ1n) is 12.2. The number of carbonyl (C=O) groups is 1. The molecule has 3 aromatic rings. The molecule has 208 valence electrons. The summed E-state index contributed by atoms with van der Waals surface area (Å²) in [6, 6.07) is 8.65. The highest BCUT2D eigenvalue weighted by Gasteiger charge is 2.60. The number of hydrogen-bond donors (Lipinski definition) is 2. The third kappa shape index (κ3) is 5.80. The Kier molecular flexibility index (Phi) is 7.16. The van der Waals surface area contributed by atoms with Crippen LogP contribution in [0.15, 0.2) is 36.4 Å². The number of carbonyl (C=O) groups excluding carboxylic acids is 1. The van der Waals surface area contributed by atoms with E-state index in [1.165, 1.54) is 35.6 Å². The van der Waals surface area contributed by atoms with Crippen LogP contribution in [0.3, 0.4) is 0 Å². The Hall–Kier alpha value is -3.42. The molecule has 1 atom stereocenters. The van der Waals surface area contributed by atoms with Gasteiger partial charge in [0.1, 0.15) is 5.75 Å². The Balaban J connectivity index is 1.44. The maximum atomic E-state index is 14.8. The molecule has 0 spiro atoms. The summed E-state index contributed by atoms with van der Waals surface area (Å²) in [7, 11) is 0. The molecule has 1 amide bonds. The van der Waals surface area contributed by atoms with Gasteiger partial charge in [0.25, 0.3) is 5.91 Å². The lowest BCUT2D eigenvalue weighted by atomic mass is 9.78. The van der Waals surface area contributed by atoms with E-state index < -0.39 is 36.6 Å². The van der Waals surface area contributed by atoms with Gasteiger partial charge in [0, 0.05) is 22.6 Å². The molecule has 1 aromatic carbocycles. The average molecular weight is 572 g/mol. The van der Waals surface area contributed by atoms with Gasteiger partial charge in [-0.05, 0) is 77.4 Å². The molecule has 14 heteroatoms. The van der Waals surface area contributed by atoms with E-state index >= 15 is 0 Å². The SMILES string of the molecule is O=C1NC(c2ccc(OCCCCC(F)(F)F)cc2)(C(F)(F)F)CC(c2ccc(C3CC3)s2)=C1c1nnn[nH]1. The Bertz CT molecular complexity index is 1350. The number of tetrazole rings is 1. The molecule has 0 saturated heterocycles. The van der Waals surface area contributed by atoms with Crippen LogP contribution in [-0.4, -0.2) is 45.5 Å². The maximum Gasteiger partial charge on any atom is 0.416 e. The predicted octanol–water partition coefficient (Wildman–Crippen LogP) is 6.14. The van der Waals surface area contributed by atoms with Crippen molar-refractivity contribution in [2.24, 2.45) is 0 Å².